The van der Waals surface area contributed by atoms with Crippen LogP contribution >= 0.6 is 0 Å². The third-order valence-electron chi connectivity index (χ3n) is 4.41. The molecule has 0 aliphatic carbocycles. The van der Waals surface area contributed by atoms with E-state index in [1.807, 2.05) is 12.1 Å². The molecule has 0 fully saturated rings. The maximum atomic E-state index is 13.0. The molecule has 2 aromatic heterocycles. The number of pyridine rings is 1. The Labute approximate surface area is 144 Å². The summed E-state index contributed by atoms with van der Waals surface area (Å²) in [5.41, 5.74) is 3.31. The van der Waals surface area contributed by atoms with Gasteiger partial charge in [-0.2, -0.15) is 0 Å². The average Bonchev–Trinajstić information content (AvgIpc) is 2.64. The number of fused-ring (bicyclic) bond motifs is 1. The number of halogens is 1. The van der Waals surface area contributed by atoms with Crippen LogP contribution in [0.25, 0.3) is 11.4 Å². The zero-order valence-corrected chi connectivity index (χ0v) is 13.6. The van der Waals surface area contributed by atoms with Crippen LogP contribution in [-0.2, 0) is 19.5 Å². The largest absolute Gasteiger partial charge is 0.306 e. The third kappa shape index (κ3) is 3.34. The summed E-state index contributed by atoms with van der Waals surface area (Å²) in [6.45, 7) is 2.09. The molecule has 0 unspecified atom stereocenters. The van der Waals surface area contributed by atoms with Gasteiger partial charge in [0.2, 0.25) is 0 Å². The maximum Gasteiger partial charge on any atom is 0.254 e. The number of rotatable bonds is 3. The summed E-state index contributed by atoms with van der Waals surface area (Å²) in [6.07, 6.45) is 4.03. The second-order valence-electron chi connectivity index (χ2n) is 6.17. The van der Waals surface area contributed by atoms with Gasteiger partial charge in [0.05, 0.1) is 5.69 Å². The molecule has 4 rings (SSSR count). The maximum absolute atomic E-state index is 13.0. The van der Waals surface area contributed by atoms with Crippen molar-refractivity contribution in [3.63, 3.8) is 0 Å². The molecule has 0 saturated heterocycles. The molecule has 0 radical (unpaired) electrons. The molecule has 6 heteroatoms. The summed E-state index contributed by atoms with van der Waals surface area (Å²) in [5, 5.41) is 0. The Morgan fingerprint density at radius 1 is 1.20 bits per heavy atom. The van der Waals surface area contributed by atoms with Crippen LogP contribution in [0, 0.1) is 5.82 Å². The molecule has 0 bridgehead atoms. The Hall–Kier alpha value is -2.86. The van der Waals surface area contributed by atoms with Crippen LogP contribution in [0.3, 0.4) is 0 Å². The average molecular weight is 336 g/mol. The zero-order chi connectivity index (χ0) is 17.2. The van der Waals surface area contributed by atoms with Crippen molar-refractivity contribution in [1.82, 2.24) is 19.9 Å². The number of nitrogens with one attached hydrogen (secondary N) is 1. The summed E-state index contributed by atoms with van der Waals surface area (Å²) in [5.74, 6) is 0.308. The van der Waals surface area contributed by atoms with Crippen LogP contribution in [0.5, 0.6) is 0 Å². The van der Waals surface area contributed by atoms with Gasteiger partial charge in [-0.15, -0.1) is 0 Å². The van der Waals surface area contributed by atoms with Crippen LogP contribution in [0.2, 0.25) is 0 Å². The van der Waals surface area contributed by atoms with Crippen LogP contribution in [0.4, 0.5) is 4.39 Å². The minimum absolute atomic E-state index is 0.0784. The van der Waals surface area contributed by atoms with E-state index in [2.05, 4.69) is 19.9 Å². The lowest BCUT2D eigenvalue weighted by Crippen LogP contribution is -2.35. The van der Waals surface area contributed by atoms with E-state index >= 15 is 0 Å². The van der Waals surface area contributed by atoms with Gasteiger partial charge in [-0.3, -0.25) is 14.7 Å². The van der Waals surface area contributed by atoms with Gasteiger partial charge in [0.15, 0.2) is 0 Å². The first kappa shape index (κ1) is 15.7. The van der Waals surface area contributed by atoms with Crippen molar-refractivity contribution < 1.29 is 4.39 Å². The lowest BCUT2D eigenvalue weighted by Gasteiger charge is -2.27. The minimum Gasteiger partial charge on any atom is -0.306 e. The molecule has 1 aliphatic rings. The number of hydrogen-bond acceptors (Lipinski definition) is 4. The molecule has 0 saturated carbocycles. The van der Waals surface area contributed by atoms with Crippen molar-refractivity contribution >= 4 is 0 Å². The van der Waals surface area contributed by atoms with E-state index in [9.17, 15) is 9.18 Å². The van der Waals surface area contributed by atoms with Crippen LogP contribution in [0.1, 0.15) is 16.8 Å². The summed E-state index contributed by atoms with van der Waals surface area (Å²) in [6, 6.07) is 10.2. The SMILES string of the molecule is O=c1[nH]c(-c2cccnc2)nc2c1CCN(Cc1ccc(F)cc1)C2. The second kappa shape index (κ2) is 6.57. The second-order valence-corrected chi connectivity index (χ2v) is 6.17. The molecule has 25 heavy (non-hydrogen) atoms. The molecular weight excluding hydrogens is 319 g/mol. The predicted molar refractivity (Wildman–Crippen MR) is 92.3 cm³/mol. The molecule has 3 heterocycles. The summed E-state index contributed by atoms with van der Waals surface area (Å²) >= 11 is 0. The normalized spacial score (nSPS) is 14.3. The predicted octanol–water partition coefficient (Wildman–Crippen LogP) is 2.53. The summed E-state index contributed by atoms with van der Waals surface area (Å²) in [7, 11) is 0. The smallest absolute Gasteiger partial charge is 0.254 e. The van der Waals surface area contributed by atoms with Crippen molar-refractivity contribution in [2.75, 3.05) is 6.54 Å². The monoisotopic (exact) mass is 336 g/mol. The highest BCUT2D eigenvalue weighted by atomic mass is 19.1. The van der Waals surface area contributed by atoms with Gasteiger partial charge in [0.25, 0.3) is 5.56 Å². The fourth-order valence-corrected chi connectivity index (χ4v) is 3.12. The fourth-order valence-electron chi connectivity index (χ4n) is 3.12. The lowest BCUT2D eigenvalue weighted by molar-refractivity contribution is 0.240. The van der Waals surface area contributed by atoms with E-state index in [1.165, 1.54) is 12.1 Å². The first-order chi connectivity index (χ1) is 12.2. The number of H-pyrrole nitrogens is 1. The van der Waals surface area contributed by atoms with Gasteiger partial charge in [-0.05, 0) is 36.2 Å². The summed E-state index contributed by atoms with van der Waals surface area (Å²) in [4.78, 5) is 26.2. The lowest BCUT2D eigenvalue weighted by atomic mass is 10.1. The third-order valence-corrected chi connectivity index (χ3v) is 4.41. The molecule has 1 N–H and O–H groups in total. The van der Waals surface area contributed by atoms with Crippen LogP contribution in [0.15, 0.2) is 53.6 Å². The van der Waals surface area contributed by atoms with Crippen molar-refractivity contribution in [3.8, 4) is 11.4 Å². The summed E-state index contributed by atoms with van der Waals surface area (Å²) < 4.78 is 13.0. The van der Waals surface area contributed by atoms with Gasteiger partial charge in [-0.25, -0.2) is 9.37 Å². The standard InChI is InChI=1S/C19H17FN4O/c20-15-5-3-13(4-6-15)11-24-9-7-16-17(12-24)22-18(23-19(16)25)14-2-1-8-21-10-14/h1-6,8,10H,7,9,11-12H2,(H,22,23,25). The molecule has 0 atom stereocenters. The molecule has 1 aliphatic heterocycles. The minimum atomic E-state index is -0.234. The molecule has 0 spiro atoms. The van der Waals surface area contributed by atoms with E-state index in [4.69, 9.17) is 0 Å². The van der Waals surface area contributed by atoms with E-state index in [-0.39, 0.29) is 11.4 Å². The fraction of sp³-hybridized carbons (Fsp3) is 0.211. The van der Waals surface area contributed by atoms with Crippen molar-refractivity contribution in [2.45, 2.75) is 19.5 Å². The first-order valence-corrected chi connectivity index (χ1v) is 8.18. The van der Waals surface area contributed by atoms with Crippen molar-refractivity contribution in [2.24, 2.45) is 0 Å². The van der Waals surface area contributed by atoms with E-state index < -0.39 is 0 Å². The van der Waals surface area contributed by atoms with Gasteiger partial charge in [0, 0.05) is 43.2 Å². The van der Waals surface area contributed by atoms with E-state index in [0.717, 1.165) is 28.9 Å². The Kier molecular flexibility index (Phi) is 4.11. The number of aromatic nitrogens is 3. The van der Waals surface area contributed by atoms with Crippen LogP contribution < -0.4 is 5.56 Å². The highest BCUT2D eigenvalue weighted by molar-refractivity contribution is 5.53. The van der Waals surface area contributed by atoms with Gasteiger partial charge < -0.3 is 4.98 Å². The number of nitrogens with zero attached hydrogens (tertiary/aromatic N) is 3. The Morgan fingerprint density at radius 2 is 2.04 bits per heavy atom. The molecule has 3 aromatic rings. The quantitative estimate of drug-likeness (QED) is 0.798. The van der Waals surface area contributed by atoms with Gasteiger partial charge in [-0.1, -0.05) is 12.1 Å². The van der Waals surface area contributed by atoms with Gasteiger partial charge in [0.1, 0.15) is 11.6 Å². The Balaban J connectivity index is 1.60. The highest BCUT2D eigenvalue weighted by Gasteiger charge is 2.21. The molecule has 5 nitrogen and oxygen atoms in total. The van der Waals surface area contributed by atoms with E-state index in [0.29, 0.717) is 25.3 Å². The molecule has 126 valence electrons. The molecular formula is C19H17FN4O. The molecule has 1 aromatic carbocycles. The van der Waals surface area contributed by atoms with E-state index in [1.54, 1.807) is 24.5 Å². The van der Waals surface area contributed by atoms with Crippen molar-refractivity contribution in [3.05, 3.63) is 81.8 Å². The highest BCUT2D eigenvalue weighted by Crippen LogP contribution is 2.19. The Morgan fingerprint density at radius 3 is 2.80 bits per heavy atom. The topological polar surface area (TPSA) is 61.9 Å². The number of hydrogen-bond donors (Lipinski definition) is 1. The number of benzene rings is 1. The molecule has 0 amide bonds. The first-order valence-electron chi connectivity index (χ1n) is 8.18. The van der Waals surface area contributed by atoms with Crippen LogP contribution in [-0.4, -0.2) is 26.4 Å². The number of aromatic amines is 1. The Bertz CT molecular complexity index is 938. The van der Waals surface area contributed by atoms with Crippen molar-refractivity contribution in [1.29, 1.82) is 0 Å². The zero-order valence-electron chi connectivity index (χ0n) is 13.6. The van der Waals surface area contributed by atoms with Gasteiger partial charge >= 0.3 is 0 Å².